The zero-order valence-corrected chi connectivity index (χ0v) is 15.4. The lowest BCUT2D eigenvalue weighted by atomic mass is 10.1. The molecule has 21 heavy (non-hydrogen) atoms. The molecule has 1 heterocycles. The number of carbonyl (C=O) groups is 1. The summed E-state index contributed by atoms with van der Waals surface area (Å²) in [6.45, 7) is 14.4. The average Bonchev–Trinajstić information content (AvgIpc) is 2.42. The summed E-state index contributed by atoms with van der Waals surface area (Å²) in [6, 6.07) is 0. The van der Waals surface area contributed by atoms with Crippen LogP contribution >= 0.6 is 0 Å². The Kier molecular flexibility index (Phi) is 7.54. The maximum atomic E-state index is 10.6. The first kappa shape index (κ1) is 18.8. The van der Waals surface area contributed by atoms with Gasteiger partial charge in [-0.15, -0.1) is 0 Å². The Balaban J connectivity index is 2.91. The fraction of sp³-hybridized carbons (Fsp3) is 0.938. The maximum Gasteiger partial charge on any atom is 0.201 e. The molecule has 0 aromatic heterocycles. The van der Waals surface area contributed by atoms with E-state index in [4.69, 9.17) is 13.9 Å². The van der Waals surface area contributed by atoms with Crippen LogP contribution in [-0.4, -0.2) is 40.2 Å². The highest BCUT2D eigenvalue weighted by molar-refractivity contribution is 6.77. The van der Waals surface area contributed by atoms with Gasteiger partial charge in [0.2, 0.25) is 8.32 Å². The van der Waals surface area contributed by atoms with E-state index in [2.05, 4.69) is 41.5 Å². The predicted octanol–water partition coefficient (Wildman–Crippen LogP) is 3.90. The lowest BCUT2D eigenvalue weighted by Crippen LogP contribution is -2.54. The molecule has 0 saturated carbocycles. The number of hydrogen-bond donors (Lipinski definition) is 0. The van der Waals surface area contributed by atoms with Gasteiger partial charge in [0.25, 0.3) is 0 Å². The second-order valence-corrected chi connectivity index (χ2v) is 12.3. The van der Waals surface area contributed by atoms with Crippen LogP contribution in [0, 0.1) is 0 Å². The van der Waals surface area contributed by atoms with E-state index in [1.54, 1.807) is 0 Å². The zero-order valence-electron chi connectivity index (χ0n) is 14.4. The lowest BCUT2D eigenvalue weighted by molar-refractivity contribution is -0.208. The highest BCUT2D eigenvalue weighted by atomic mass is 28.4. The lowest BCUT2D eigenvalue weighted by Gasteiger charge is -2.46. The van der Waals surface area contributed by atoms with Gasteiger partial charge in [-0.2, -0.15) is 0 Å². The van der Waals surface area contributed by atoms with Crippen molar-refractivity contribution >= 4 is 14.6 Å². The third-order valence-corrected chi connectivity index (χ3v) is 10.7. The molecule has 2 atom stereocenters. The number of aldehydes is 1. The Hall–Kier alpha value is -0.233. The van der Waals surface area contributed by atoms with Gasteiger partial charge in [0.05, 0.1) is 6.10 Å². The molecule has 124 valence electrons. The zero-order chi connectivity index (χ0) is 16.0. The SMILES string of the molecule is CC(C)[Si](O[C@@H]1CCCO[C@H]1OCC=O)(C(C)C)C(C)C. The van der Waals surface area contributed by atoms with Crippen molar-refractivity contribution in [3.8, 4) is 0 Å². The van der Waals surface area contributed by atoms with Crippen LogP contribution in [0.4, 0.5) is 0 Å². The Morgan fingerprint density at radius 2 is 1.71 bits per heavy atom. The van der Waals surface area contributed by atoms with E-state index in [0.29, 0.717) is 23.2 Å². The molecule has 0 aromatic carbocycles. The first-order valence-electron chi connectivity index (χ1n) is 8.20. The Morgan fingerprint density at radius 1 is 1.14 bits per heavy atom. The number of ether oxygens (including phenoxy) is 2. The van der Waals surface area contributed by atoms with Gasteiger partial charge in [0, 0.05) is 6.61 Å². The summed E-state index contributed by atoms with van der Waals surface area (Å²) < 4.78 is 18.0. The van der Waals surface area contributed by atoms with Crippen molar-refractivity contribution in [1.29, 1.82) is 0 Å². The van der Waals surface area contributed by atoms with Crippen LogP contribution in [0.2, 0.25) is 16.6 Å². The first-order chi connectivity index (χ1) is 9.86. The van der Waals surface area contributed by atoms with Crippen LogP contribution in [0.5, 0.6) is 0 Å². The topological polar surface area (TPSA) is 44.8 Å². The number of rotatable bonds is 8. The Labute approximate surface area is 130 Å². The summed E-state index contributed by atoms with van der Waals surface area (Å²) in [7, 11) is -1.94. The van der Waals surface area contributed by atoms with E-state index in [-0.39, 0.29) is 12.7 Å². The summed E-state index contributed by atoms with van der Waals surface area (Å²) >= 11 is 0. The van der Waals surface area contributed by atoms with Crippen molar-refractivity contribution < 1.29 is 18.7 Å². The first-order valence-corrected chi connectivity index (χ1v) is 10.3. The fourth-order valence-electron chi connectivity index (χ4n) is 3.80. The molecule has 1 fully saturated rings. The molecule has 0 amide bonds. The van der Waals surface area contributed by atoms with Crippen LogP contribution in [0.3, 0.4) is 0 Å². The van der Waals surface area contributed by atoms with Gasteiger partial charge >= 0.3 is 0 Å². The van der Waals surface area contributed by atoms with Gasteiger partial charge in [-0.3, -0.25) is 0 Å². The van der Waals surface area contributed by atoms with Crippen molar-refractivity contribution in [2.24, 2.45) is 0 Å². The summed E-state index contributed by atoms with van der Waals surface area (Å²) in [6.07, 6.45) is 2.27. The summed E-state index contributed by atoms with van der Waals surface area (Å²) in [4.78, 5) is 10.6. The van der Waals surface area contributed by atoms with Crippen LogP contribution in [0.25, 0.3) is 0 Å². The van der Waals surface area contributed by atoms with Gasteiger partial charge in [-0.05, 0) is 29.5 Å². The summed E-state index contributed by atoms with van der Waals surface area (Å²) in [5.41, 5.74) is 1.60. The minimum atomic E-state index is -1.94. The molecule has 0 aromatic rings. The quantitative estimate of drug-likeness (QED) is 0.503. The second kappa shape index (κ2) is 8.41. The average molecular weight is 317 g/mol. The molecule has 4 nitrogen and oxygen atoms in total. The van der Waals surface area contributed by atoms with Crippen molar-refractivity contribution in [2.75, 3.05) is 13.2 Å². The van der Waals surface area contributed by atoms with Crippen molar-refractivity contribution in [3.63, 3.8) is 0 Å². The minimum absolute atomic E-state index is 0.0439. The predicted molar refractivity (Wildman–Crippen MR) is 86.9 cm³/mol. The van der Waals surface area contributed by atoms with E-state index in [1.165, 1.54) is 0 Å². The molecule has 0 N–H and O–H groups in total. The fourth-order valence-corrected chi connectivity index (χ4v) is 9.37. The Bertz CT molecular complexity index is 296. The van der Waals surface area contributed by atoms with Crippen LogP contribution in [0.15, 0.2) is 0 Å². The third-order valence-electron chi connectivity index (χ3n) is 4.61. The Morgan fingerprint density at radius 3 is 2.19 bits per heavy atom. The molecular weight excluding hydrogens is 284 g/mol. The van der Waals surface area contributed by atoms with Gasteiger partial charge in [-0.25, -0.2) is 0 Å². The smallest absolute Gasteiger partial charge is 0.201 e. The van der Waals surface area contributed by atoms with Crippen molar-refractivity contribution in [1.82, 2.24) is 0 Å². The normalized spacial score (nSPS) is 24.0. The standard InChI is InChI=1S/C16H32O4Si/c1-12(2)21(13(3)4,14(5)6)20-15-8-7-10-18-16(15)19-11-9-17/h9,12-16H,7-8,10-11H2,1-6H3/t15-,16+/m1/s1. The molecule has 0 bridgehead atoms. The molecule has 5 heteroatoms. The minimum Gasteiger partial charge on any atom is -0.408 e. The summed E-state index contributed by atoms with van der Waals surface area (Å²) in [5, 5.41) is 0. The molecule has 1 saturated heterocycles. The molecular formula is C16H32O4Si. The van der Waals surface area contributed by atoms with E-state index in [0.717, 1.165) is 19.1 Å². The van der Waals surface area contributed by atoms with Gasteiger partial charge in [0.15, 0.2) is 6.29 Å². The van der Waals surface area contributed by atoms with E-state index in [9.17, 15) is 4.79 Å². The molecule has 0 aliphatic carbocycles. The van der Waals surface area contributed by atoms with Gasteiger partial charge in [-0.1, -0.05) is 41.5 Å². The third kappa shape index (κ3) is 4.37. The largest absolute Gasteiger partial charge is 0.408 e. The van der Waals surface area contributed by atoms with Gasteiger partial charge in [0.1, 0.15) is 12.9 Å². The second-order valence-electron chi connectivity index (χ2n) is 6.86. The molecule has 0 unspecified atom stereocenters. The molecule has 0 radical (unpaired) electrons. The highest BCUT2D eigenvalue weighted by Gasteiger charge is 2.48. The van der Waals surface area contributed by atoms with Crippen molar-refractivity contribution in [2.45, 2.75) is 83.4 Å². The molecule has 1 aliphatic heterocycles. The maximum absolute atomic E-state index is 10.6. The summed E-state index contributed by atoms with van der Waals surface area (Å²) in [5.74, 6) is 0. The van der Waals surface area contributed by atoms with E-state index >= 15 is 0 Å². The number of carbonyl (C=O) groups excluding carboxylic acids is 1. The van der Waals surface area contributed by atoms with Crippen LogP contribution in [0.1, 0.15) is 54.4 Å². The van der Waals surface area contributed by atoms with E-state index < -0.39 is 14.6 Å². The highest BCUT2D eigenvalue weighted by Crippen LogP contribution is 2.44. The van der Waals surface area contributed by atoms with Crippen LogP contribution in [-0.2, 0) is 18.7 Å². The molecule has 0 spiro atoms. The molecule has 1 aliphatic rings. The molecule has 1 rings (SSSR count). The van der Waals surface area contributed by atoms with E-state index in [1.807, 2.05) is 0 Å². The van der Waals surface area contributed by atoms with Gasteiger partial charge < -0.3 is 18.7 Å². The monoisotopic (exact) mass is 316 g/mol. The number of hydrogen-bond acceptors (Lipinski definition) is 4. The van der Waals surface area contributed by atoms with Crippen LogP contribution < -0.4 is 0 Å². The van der Waals surface area contributed by atoms with Crippen molar-refractivity contribution in [3.05, 3.63) is 0 Å².